The van der Waals surface area contributed by atoms with Crippen LogP contribution >= 0.6 is 0 Å². The number of esters is 1. The number of benzene rings is 2. The van der Waals surface area contributed by atoms with E-state index in [1.165, 1.54) is 6.07 Å². The minimum Gasteiger partial charge on any atom is -0.507 e. The van der Waals surface area contributed by atoms with E-state index in [1.807, 2.05) is 30.3 Å². The number of hydrogen-bond donors (Lipinski definition) is 1. The molecule has 4 heteroatoms. The smallest absolute Gasteiger partial charge is 0.342 e. The summed E-state index contributed by atoms with van der Waals surface area (Å²) in [5.74, 6) is -0.636. The molecule has 0 spiro atoms. The summed E-state index contributed by atoms with van der Waals surface area (Å²) in [6, 6.07) is 14.5. The molecule has 0 atom stereocenters. The van der Waals surface area contributed by atoms with E-state index >= 15 is 0 Å². The zero-order chi connectivity index (χ0) is 17.0. The summed E-state index contributed by atoms with van der Waals surface area (Å²) in [6.45, 7) is 4.74. The number of rotatable bonds is 4. The first-order valence-electron chi connectivity index (χ1n) is 7.97. The third-order valence-electron chi connectivity index (χ3n) is 4.36. The third-order valence-corrected chi connectivity index (χ3v) is 4.36. The van der Waals surface area contributed by atoms with Gasteiger partial charge in [-0.2, -0.15) is 0 Å². The van der Waals surface area contributed by atoms with Crippen LogP contribution in [-0.4, -0.2) is 24.3 Å². The first kappa shape index (κ1) is 16.3. The minimum atomic E-state index is -0.729. The fourth-order valence-corrected chi connectivity index (χ4v) is 2.97. The van der Waals surface area contributed by atoms with Gasteiger partial charge in [-0.15, -0.1) is 0 Å². The molecule has 1 aliphatic heterocycles. The van der Waals surface area contributed by atoms with Gasteiger partial charge in [0.1, 0.15) is 16.9 Å². The molecule has 0 saturated carbocycles. The summed E-state index contributed by atoms with van der Waals surface area (Å²) in [4.78, 5) is 12.7. The van der Waals surface area contributed by atoms with E-state index in [9.17, 15) is 9.90 Å². The van der Waals surface area contributed by atoms with Gasteiger partial charge in [-0.05, 0) is 23.3 Å². The van der Waals surface area contributed by atoms with Crippen LogP contribution in [0.3, 0.4) is 0 Å². The molecular weight excluding hydrogens is 304 g/mol. The lowest BCUT2D eigenvalue weighted by atomic mass is 9.86. The molecule has 1 saturated heterocycles. The van der Waals surface area contributed by atoms with Crippen molar-refractivity contribution in [2.75, 3.05) is 13.2 Å². The molecule has 0 unspecified atom stereocenters. The van der Waals surface area contributed by atoms with E-state index in [-0.39, 0.29) is 11.3 Å². The fourth-order valence-electron chi connectivity index (χ4n) is 2.97. The number of hydrogen-bond acceptors (Lipinski definition) is 4. The highest BCUT2D eigenvalue weighted by molar-refractivity contribution is 5.93. The van der Waals surface area contributed by atoms with Gasteiger partial charge in [0.25, 0.3) is 0 Å². The highest BCUT2D eigenvalue weighted by Gasteiger charge is 2.39. The topological polar surface area (TPSA) is 55.8 Å². The second-order valence-electron chi connectivity index (χ2n) is 5.84. The maximum absolute atomic E-state index is 12.7. The normalized spacial score (nSPS) is 16.3. The molecule has 0 aromatic heterocycles. The van der Waals surface area contributed by atoms with Crippen molar-refractivity contribution in [1.82, 2.24) is 0 Å². The Hall–Kier alpha value is -2.59. The average Bonchev–Trinajstić information content (AvgIpc) is 2.63. The van der Waals surface area contributed by atoms with Gasteiger partial charge in [-0.3, -0.25) is 0 Å². The Kier molecular flexibility index (Phi) is 4.67. The maximum atomic E-state index is 12.7. The van der Waals surface area contributed by atoms with Gasteiger partial charge in [0, 0.05) is 12.8 Å². The van der Waals surface area contributed by atoms with Crippen LogP contribution in [0.5, 0.6) is 5.75 Å². The lowest BCUT2D eigenvalue weighted by Crippen LogP contribution is -2.38. The van der Waals surface area contributed by atoms with Gasteiger partial charge in [-0.1, -0.05) is 49.1 Å². The quantitative estimate of drug-likeness (QED) is 0.867. The fraction of sp³-hybridized carbons (Fsp3) is 0.250. The molecule has 1 heterocycles. The Balaban J connectivity index is 1.93. The monoisotopic (exact) mass is 324 g/mol. The molecule has 4 nitrogen and oxygen atoms in total. The lowest BCUT2D eigenvalue weighted by molar-refractivity contribution is -0.0839. The predicted molar refractivity (Wildman–Crippen MR) is 91.8 cm³/mol. The van der Waals surface area contributed by atoms with Crippen LogP contribution in [0.25, 0.3) is 6.08 Å². The van der Waals surface area contributed by atoms with Crippen LogP contribution in [0, 0.1) is 0 Å². The van der Waals surface area contributed by atoms with Gasteiger partial charge in [0.15, 0.2) is 0 Å². The Morgan fingerprint density at radius 1 is 1.17 bits per heavy atom. The Labute approximate surface area is 141 Å². The molecule has 0 amide bonds. The average molecular weight is 324 g/mol. The molecule has 124 valence electrons. The second-order valence-corrected chi connectivity index (χ2v) is 5.84. The van der Waals surface area contributed by atoms with E-state index in [2.05, 4.69) is 6.58 Å². The van der Waals surface area contributed by atoms with Crippen LogP contribution in [0.15, 0.2) is 55.1 Å². The zero-order valence-corrected chi connectivity index (χ0v) is 13.4. The first-order valence-corrected chi connectivity index (χ1v) is 7.97. The largest absolute Gasteiger partial charge is 0.507 e. The van der Waals surface area contributed by atoms with Crippen molar-refractivity contribution in [3.05, 3.63) is 71.8 Å². The number of ether oxygens (including phenoxy) is 2. The van der Waals surface area contributed by atoms with Crippen molar-refractivity contribution in [2.45, 2.75) is 18.4 Å². The van der Waals surface area contributed by atoms with E-state index < -0.39 is 11.6 Å². The number of phenols is 1. The summed E-state index contributed by atoms with van der Waals surface area (Å²) < 4.78 is 11.4. The van der Waals surface area contributed by atoms with Crippen molar-refractivity contribution in [3.63, 3.8) is 0 Å². The van der Waals surface area contributed by atoms with E-state index in [0.717, 1.165) is 11.1 Å². The van der Waals surface area contributed by atoms with E-state index in [4.69, 9.17) is 9.47 Å². The molecule has 0 aliphatic carbocycles. The van der Waals surface area contributed by atoms with Gasteiger partial charge < -0.3 is 14.6 Å². The lowest BCUT2D eigenvalue weighted by Gasteiger charge is -2.37. The second kappa shape index (κ2) is 6.89. The first-order chi connectivity index (χ1) is 11.6. The molecular formula is C20H20O4. The Bertz CT molecular complexity index is 731. The Morgan fingerprint density at radius 2 is 1.88 bits per heavy atom. The molecule has 3 rings (SSSR count). The standard InChI is InChI=1S/C20H20O4/c1-2-15-8-9-18(21)17(14-15)19(22)24-20(10-12-23-13-11-20)16-6-4-3-5-7-16/h2-9,14,21H,1,10-13H2. The minimum absolute atomic E-state index is 0.0964. The molecule has 2 aromatic carbocycles. The van der Waals surface area contributed by atoms with Crippen LogP contribution < -0.4 is 0 Å². The summed E-state index contributed by atoms with van der Waals surface area (Å²) >= 11 is 0. The number of phenolic OH excluding ortho intramolecular Hbond substituents is 1. The zero-order valence-electron chi connectivity index (χ0n) is 13.4. The van der Waals surface area contributed by atoms with Crippen molar-refractivity contribution in [3.8, 4) is 5.75 Å². The number of aromatic hydroxyl groups is 1. The highest BCUT2D eigenvalue weighted by atomic mass is 16.6. The predicted octanol–water partition coefficient (Wildman–Crippen LogP) is 3.90. The van der Waals surface area contributed by atoms with Crippen molar-refractivity contribution < 1.29 is 19.4 Å². The summed E-state index contributed by atoms with van der Waals surface area (Å²) in [5, 5.41) is 10.0. The highest BCUT2D eigenvalue weighted by Crippen LogP contribution is 2.37. The molecule has 2 aromatic rings. The van der Waals surface area contributed by atoms with Gasteiger partial charge in [0.2, 0.25) is 0 Å². The molecule has 1 aliphatic rings. The molecule has 1 N–H and O–H groups in total. The summed E-state index contributed by atoms with van der Waals surface area (Å²) in [5.41, 5.74) is 1.11. The van der Waals surface area contributed by atoms with Crippen LogP contribution in [0.4, 0.5) is 0 Å². The SMILES string of the molecule is C=Cc1ccc(O)c(C(=O)OC2(c3ccccc3)CCOCC2)c1. The van der Waals surface area contributed by atoms with Crippen LogP contribution in [0.1, 0.15) is 34.3 Å². The van der Waals surface area contributed by atoms with Gasteiger partial charge >= 0.3 is 5.97 Å². The molecule has 0 radical (unpaired) electrons. The Morgan fingerprint density at radius 3 is 2.54 bits per heavy atom. The van der Waals surface area contributed by atoms with Gasteiger partial charge in [-0.25, -0.2) is 4.79 Å². The van der Waals surface area contributed by atoms with Gasteiger partial charge in [0.05, 0.1) is 13.2 Å². The number of carbonyl (C=O) groups is 1. The maximum Gasteiger partial charge on any atom is 0.342 e. The molecule has 24 heavy (non-hydrogen) atoms. The van der Waals surface area contributed by atoms with Crippen LogP contribution in [-0.2, 0) is 15.1 Å². The summed E-state index contributed by atoms with van der Waals surface area (Å²) in [6.07, 6.45) is 2.80. The van der Waals surface area contributed by atoms with Crippen molar-refractivity contribution in [2.24, 2.45) is 0 Å². The van der Waals surface area contributed by atoms with E-state index in [0.29, 0.717) is 26.1 Å². The molecule has 0 bridgehead atoms. The molecule has 1 fully saturated rings. The van der Waals surface area contributed by atoms with Crippen molar-refractivity contribution >= 4 is 12.0 Å². The summed E-state index contributed by atoms with van der Waals surface area (Å²) in [7, 11) is 0. The number of carbonyl (C=O) groups excluding carboxylic acids is 1. The van der Waals surface area contributed by atoms with E-state index in [1.54, 1.807) is 18.2 Å². The van der Waals surface area contributed by atoms with Crippen molar-refractivity contribution in [1.29, 1.82) is 0 Å². The third kappa shape index (κ3) is 3.19. The van der Waals surface area contributed by atoms with Crippen LogP contribution in [0.2, 0.25) is 0 Å².